The molecule has 1 aliphatic carbocycles. The van der Waals surface area contributed by atoms with Crippen LogP contribution in [0.4, 0.5) is 0 Å². The number of aromatic amines is 1. The lowest BCUT2D eigenvalue weighted by atomic mass is 10.1. The normalized spacial score (nSPS) is 19.5. The van der Waals surface area contributed by atoms with Crippen molar-refractivity contribution in [3.63, 3.8) is 0 Å². The summed E-state index contributed by atoms with van der Waals surface area (Å²) in [5, 5.41) is 9.62. The van der Waals surface area contributed by atoms with Crippen molar-refractivity contribution in [2.24, 2.45) is 5.92 Å². The summed E-state index contributed by atoms with van der Waals surface area (Å²) in [4.78, 5) is 12.2. The molecule has 0 bridgehead atoms. The van der Waals surface area contributed by atoms with E-state index in [2.05, 4.69) is 15.5 Å². The Labute approximate surface area is 128 Å². The molecule has 3 rings (SSSR count). The summed E-state index contributed by atoms with van der Waals surface area (Å²) in [6.07, 6.45) is 2.50. The second-order valence-corrected chi connectivity index (χ2v) is 5.36. The smallest absolute Gasteiger partial charge is 0.224 e. The SMILES string of the molecule is COc1ccc(OC)c([C@H]2C[C@@H]2C(=O)NCc2ccn[nH]2)c1. The molecule has 6 heteroatoms. The van der Waals surface area contributed by atoms with Crippen LogP contribution < -0.4 is 14.8 Å². The maximum absolute atomic E-state index is 12.2. The molecule has 0 saturated heterocycles. The number of hydrogen-bond donors (Lipinski definition) is 2. The zero-order chi connectivity index (χ0) is 15.5. The van der Waals surface area contributed by atoms with Gasteiger partial charge in [-0.1, -0.05) is 0 Å². The van der Waals surface area contributed by atoms with Gasteiger partial charge in [0.2, 0.25) is 5.91 Å². The quantitative estimate of drug-likeness (QED) is 0.853. The minimum absolute atomic E-state index is 0.0103. The molecule has 1 heterocycles. The average molecular weight is 301 g/mol. The zero-order valence-corrected chi connectivity index (χ0v) is 12.6. The van der Waals surface area contributed by atoms with Crippen LogP contribution in [0.25, 0.3) is 0 Å². The number of aromatic nitrogens is 2. The molecule has 1 aromatic carbocycles. The Morgan fingerprint density at radius 1 is 1.36 bits per heavy atom. The Kier molecular flexibility index (Phi) is 4.00. The zero-order valence-electron chi connectivity index (χ0n) is 12.6. The number of nitrogens with one attached hydrogen (secondary N) is 2. The highest BCUT2D eigenvalue weighted by molar-refractivity contribution is 5.83. The minimum atomic E-state index is -0.0103. The van der Waals surface area contributed by atoms with Crippen molar-refractivity contribution in [3.05, 3.63) is 41.7 Å². The predicted octanol–water partition coefficient (Wildman–Crippen LogP) is 1.85. The van der Waals surface area contributed by atoms with Gasteiger partial charge in [-0.2, -0.15) is 5.10 Å². The molecule has 2 N–H and O–H groups in total. The number of rotatable bonds is 6. The topological polar surface area (TPSA) is 76.2 Å². The fraction of sp³-hybridized carbons (Fsp3) is 0.375. The van der Waals surface area contributed by atoms with Crippen molar-refractivity contribution >= 4 is 5.91 Å². The number of carbonyl (C=O) groups is 1. The first-order chi connectivity index (χ1) is 10.7. The second kappa shape index (κ2) is 6.09. The third-order valence-corrected chi connectivity index (χ3v) is 3.98. The maximum atomic E-state index is 12.2. The first-order valence-corrected chi connectivity index (χ1v) is 7.21. The number of carbonyl (C=O) groups excluding carboxylic acids is 1. The van der Waals surface area contributed by atoms with E-state index >= 15 is 0 Å². The van der Waals surface area contributed by atoms with E-state index in [9.17, 15) is 4.79 Å². The molecule has 22 heavy (non-hydrogen) atoms. The fourth-order valence-corrected chi connectivity index (χ4v) is 2.65. The van der Waals surface area contributed by atoms with Crippen molar-refractivity contribution in [3.8, 4) is 11.5 Å². The van der Waals surface area contributed by atoms with Crippen LogP contribution in [-0.4, -0.2) is 30.3 Å². The molecule has 6 nitrogen and oxygen atoms in total. The molecule has 2 aromatic rings. The molecule has 0 radical (unpaired) electrons. The first-order valence-electron chi connectivity index (χ1n) is 7.21. The molecule has 1 saturated carbocycles. The molecule has 1 amide bonds. The van der Waals surface area contributed by atoms with Crippen molar-refractivity contribution in [1.82, 2.24) is 15.5 Å². The van der Waals surface area contributed by atoms with Crippen molar-refractivity contribution in [2.45, 2.75) is 18.9 Å². The summed E-state index contributed by atoms with van der Waals surface area (Å²) >= 11 is 0. The monoisotopic (exact) mass is 301 g/mol. The molecule has 0 aliphatic heterocycles. The van der Waals surface area contributed by atoms with E-state index in [0.717, 1.165) is 29.2 Å². The van der Waals surface area contributed by atoms with E-state index in [-0.39, 0.29) is 17.7 Å². The van der Waals surface area contributed by atoms with Gasteiger partial charge < -0.3 is 14.8 Å². The maximum Gasteiger partial charge on any atom is 0.224 e. The van der Waals surface area contributed by atoms with Crippen LogP contribution in [0.2, 0.25) is 0 Å². The lowest BCUT2D eigenvalue weighted by Gasteiger charge is -2.10. The summed E-state index contributed by atoms with van der Waals surface area (Å²) in [5.41, 5.74) is 1.92. The van der Waals surface area contributed by atoms with Gasteiger partial charge in [-0.15, -0.1) is 0 Å². The van der Waals surface area contributed by atoms with E-state index in [1.807, 2.05) is 24.3 Å². The molecule has 1 aliphatic rings. The summed E-state index contributed by atoms with van der Waals surface area (Å²) in [7, 11) is 3.27. The molecule has 0 spiro atoms. The number of ether oxygens (including phenoxy) is 2. The van der Waals surface area contributed by atoms with Crippen LogP contribution in [0, 0.1) is 5.92 Å². The molecular formula is C16H19N3O3. The summed E-state index contributed by atoms with van der Waals surface area (Å²) in [6, 6.07) is 7.53. The Morgan fingerprint density at radius 3 is 2.91 bits per heavy atom. The minimum Gasteiger partial charge on any atom is -0.497 e. The van der Waals surface area contributed by atoms with Crippen molar-refractivity contribution in [1.29, 1.82) is 0 Å². The number of benzene rings is 1. The standard InChI is InChI=1S/C16H19N3O3/c1-21-11-3-4-15(22-2)13(7-11)12-8-14(12)16(20)17-9-10-5-6-18-19-10/h3-7,12,14H,8-9H2,1-2H3,(H,17,20)(H,18,19)/t12-,14+/m1/s1. The van der Waals surface area contributed by atoms with Gasteiger partial charge in [0.1, 0.15) is 11.5 Å². The number of amides is 1. The van der Waals surface area contributed by atoms with Gasteiger partial charge in [0.25, 0.3) is 0 Å². The Balaban J connectivity index is 1.64. The molecule has 2 atom stereocenters. The highest BCUT2D eigenvalue weighted by atomic mass is 16.5. The molecule has 0 unspecified atom stereocenters. The Morgan fingerprint density at radius 2 is 2.23 bits per heavy atom. The van der Waals surface area contributed by atoms with E-state index in [4.69, 9.17) is 9.47 Å². The summed E-state index contributed by atoms with van der Waals surface area (Å²) in [5.74, 6) is 1.81. The van der Waals surface area contributed by atoms with E-state index in [1.54, 1.807) is 20.4 Å². The van der Waals surface area contributed by atoms with Crippen molar-refractivity contribution in [2.75, 3.05) is 14.2 Å². The van der Waals surface area contributed by atoms with Crippen LogP contribution >= 0.6 is 0 Å². The van der Waals surface area contributed by atoms with Crippen LogP contribution in [0.15, 0.2) is 30.5 Å². The highest BCUT2D eigenvalue weighted by Gasteiger charge is 2.45. The number of hydrogen-bond acceptors (Lipinski definition) is 4. The Bertz CT molecular complexity index is 655. The van der Waals surface area contributed by atoms with Gasteiger partial charge >= 0.3 is 0 Å². The molecular weight excluding hydrogens is 282 g/mol. The molecule has 1 fully saturated rings. The van der Waals surface area contributed by atoms with E-state index in [1.165, 1.54) is 0 Å². The molecule has 1 aromatic heterocycles. The van der Waals surface area contributed by atoms with Crippen molar-refractivity contribution < 1.29 is 14.3 Å². The molecule has 116 valence electrons. The fourth-order valence-electron chi connectivity index (χ4n) is 2.65. The van der Waals surface area contributed by atoms with Crippen LogP contribution in [0.5, 0.6) is 11.5 Å². The highest BCUT2D eigenvalue weighted by Crippen LogP contribution is 2.51. The van der Waals surface area contributed by atoms with Gasteiger partial charge in [-0.3, -0.25) is 9.89 Å². The third kappa shape index (κ3) is 2.90. The third-order valence-electron chi connectivity index (χ3n) is 3.98. The van der Waals surface area contributed by atoms with Crippen LogP contribution in [0.1, 0.15) is 23.6 Å². The average Bonchev–Trinajstić information content (AvgIpc) is 3.18. The van der Waals surface area contributed by atoms with Gasteiger partial charge in [-0.25, -0.2) is 0 Å². The van der Waals surface area contributed by atoms with Gasteiger partial charge in [0, 0.05) is 23.6 Å². The number of H-pyrrole nitrogens is 1. The lowest BCUT2D eigenvalue weighted by molar-refractivity contribution is -0.122. The van der Waals surface area contributed by atoms with Crippen LogP contribution in [0.3, 0.4) is 0 Å². The van der Waals surface area contributed by atoms with Gasteiger partial charge in [-0.05, 0) is 30.7 Å². The number of methoxy groups -OCH3 is 2. The summed E-state index contributed by atoms with van der Waals surface area (Å²) < 4.78 is 10.6. The Hall–Kier alpha value is -2.50. The largest absolute Gasteiger partial charge is 0.497 e. The first kappa shape index (κ1) is 14.4. The predicted molar refractivity (Wildman–Crippen MR) is 80.8 cm³/mol. The summed E-state index contributed by atoms with van der Waals surface area (Å²) in [6.45, 7) is 0.470. The van der Waals surface area contributed by atoms with Gasteiger partial charge in [0.15, 0.2) is 0 Å². The van der Waals surface area contributed by atoms with Crippen LogP contribution in [-0.2, 0) is 11.3 Å². The second-order valence-electron chi connectivity index (χ2n) is 5.36. The van der Waals surface area contributed by atoms with E-state index in [0.29, 0.717) is 6.54 Å². The van der Waals surface area contributed by atoms with Gasteiger partial charge in [0.05, 0.1) is 26.5 Å². The number of nitrogens with zero attached hydrogens (tertiary/aromatic N) is 1. The van der Waals surface area contributed by atoms with E-state index < -0.39 is 0 Å². The lowest BCUT2D eigenvalue weighted by Crippen LogP contribution is -2.25.